The Balaban J connectivity index is 1.79. The highest BCUT2D eigenvalue weighted by Gasteiger charge is 2.14. The molecule has 130 valence electrons. The maximum atomic E-state index is 12.5. The molecule has 1 heterocycles. The van der Waals surface area contributed by atoms with Crippen molar-refractivity contribution in [1.29, 1.82) is 0 Å². The second-order valence-corrected chi connectivity index (χ2v) is 5.71. The van der Waals surface area contributed by atoms with E-state index in [0.29, 0.717) is 11.3 Å². The smallest absolute Gasteiger partial charge is 0.254 e. The Morgan fingerprint density at radius 1 is 1.15 bits per heavy atom. The first-order chi connectivity index (χ1) is 12.6. The molecule has 0 bridgehead atoms. The van der Waals surface area contributed by atoms with Crippen LogP contribution in [-0.2, 0) is 11.3 Å². The molecule has 1 aromatic heterocycles. The van der Waals surface area contributed by atoms with Gasteiger partial charge in [-0.25, -0.2) is 4.98 Å². The first kappa shape index (κ1) is 17.2. The number of para-hydroxylation sites is 3. The van der Waals surface area contributed by atoms with Gasteiger partial charge in [-0.05, 0) is 31.2 Å². The Bertz CT molecular complexity index is 1010. The summed E-state index contributed by atoms with van der Waals surface area (Å²) in [5.41, 5.74) is 2.53. The van der Waals surface area contributed by atoms with E-state index in [0.717, 1.165) is 16.9 Å². The van der Waals surface area contributed by atoms with Crippen molar-refractivity contribution < 1.29 is 9.59 Å². The quantitative estimate of drug-likeness (QED) is 0.696. The molecule has 3 aromatic rings. The van der Waals surface area contributed by atoms with Crippen LogP contribution >= 0.6 is 0 Å². The minimum Gasteiger partial charge on any atom is -0.341 e. The number of carbonyl (C=O) groups is 2. The molecule has 2 amide bonds. The standard InChI is InChI=1S/C20H18N4O2/c1-3-12-21-20(26)15-8-4-5-9-16(15)23-19(25)13-24-14(2)22-17-10-6-7-11-18(17)24/h1,4-11H,12-13H2,2H3,(H,21,26)(H,23,25). The van der Waals surface area contributed by atoms with Crippen molar-refractivity contribution in [3.63, 3.8) is 0 Å². The SMILES string of the molecule is C#CCNC(=O)c1ccccc1NC(=O)Cn1c(C)nc2ccccc21. The Morgan fingerprint density at radius 2 is 1.88 bits per heavy atom. The number of rotatable bonds is 5. The Kier molecular flexibility index (Phi) is 4.99. The Morgan fingerprint density at radius 3 is 2.69 bits per heavy atom. The van der Waals surface area contributed by atoms with E-state index < -0.39 is 0 Å². The fourth-order valence-electron chi connectivity index (χ4n) is 2.75. The fourth-order valence-corrected chi connectivity index (χ4v) is 2.75. The maximum Gasteiger partial charge on any atom is 0.254 e. The number of nitrogens with zero attached hydrogens (tertiary/aromatic N) is 2. The van der Waals surface area contributed by atoms with Crippen molar-refractivity contribution in [2.24, 2.45) is 0 Å². The summed E-state index contributed by atoms with van der Waals surface area (Å²) in [6.45, 7) is 2.09. The molecule has 0 spiro atoms. The van der Waals surface area contributed by atoms with Gasteiger partial charge in [0.15, 0.2) is 0 Å². The van der Waals surface area contributed by atoms with Crippen LogP contribution in [0.3, 0.4) is 0 Å². The Hall–Kier alpha value is -3.59. The summed E-state index contributed by atoms with van der Waals surface area (Å²) >= 11 is 0. The highest BCUT2D eigenvalue weighted by atomic mass is 16.2. The number of imidazole rings is 1. The first-order valence-electron chi connectivity index (χ1n) is 8.12. The van der Waals surface area contributed by atoms with Crippen molar-refractivity contribution in [2.75, 3.05) is 11.9 Å². The largest absolute Gasteiger partial charge is 0.341 e. The number of benzene rings is 2. The van der Waals surface area contributed by atoms with Gasteiger partial charge in [0, 0.05) is 0 Å². The molecule has 0 unspecified atom stereocenters. The first-order valence-corrected chi connectivity index (χ1v) is 8.12. The number of aryl methyl sites for hydroxylation is 1. The van der Waals surface area contributed by atoms with Crippen LogP contribution < -0.4 is 10.6 Å². The Labute approximate surface area is 151 Å². The van der Waals surface area contributed by atoms with Crippen LogP contribution in [0.5, 0.6) is 0 Å². The lowest BCUT2D eigenvalue weighted by atomic mass is 10.1. The summed E-state index contributed by atoms with van der Waals surface area (Å²) < 4.78 is 1.84. The molecule has 2 aromatic carbocycles. The van der Waals surface area contributed by atoms with Crippen LogP contribution in [-0.4, -0.2) is 27.9 Å². The van der Waals surface area contributed by atoms with Crippen LogP contribution in [0.4, 0.5) is 5.69 Å². The average Bonchev–Trinajstić information content (AvgIpc) is 2.95. The van der Waals surface area contributed by atoms with Gasteiger partial charge < -0.3 is 15.2 Å². The molecule has 26 heavy (non-hydrogen) atoms. The zero-order valence-electron chi connectivity index (χ0n) is 14.3. The molecular weight excluding hydrogens is 328 g/mol. The molecule has 0 saturated carbocycles. The van der Waals surface area contributed by atoms with E-state index in [-0.39, 0.29) is 24.9 Å². The molecule has 0 saturated heterocycles. The number of amides is 2. The number of carbonyl (C=O) groups excluding carboxylic acids is 2. The van der Waals surface area contributed by atoms with Gasteiger partial charge in [0.1, 0.15) is 12.4 Å². The minimum absolute atomic E-state index is 0.104. The molecular formula is C20H18N4O2. The highest BCUT2D eigenvalue weighted by molar-refractivity contribution is 6.03. The van der Waals surface area contributed by atoms with Crippen molar-refractivity contribution in [2.45, 2.75) is 13.5 Å². The van der Waals surface area contributed by atoms with Gasteiger partial charge in [0.2, 0.25) is 5.91 Å². The molecule has 0 aliphatic carbocycles. The molecule has 0 aliphatic heterocycles. The molecule has 0 atom stereocenters. The summed E-state index contributed by atoms with van der Waals surface area (Å²) in [5, 5.41) is 5.40. The molecule has 0 aliphatic rings. The monoisotopic (exact) mass is 346 g/mol. The van der Waals surface area contributed by atoms with Crippen LogP contribution in [0.2, 0.25) is 0 Å². The summed E-state index contributed by atoms with van der Waals surface area (Å²) in [6, 6.07) is 14.4. The van der Waals surface area contributed by atoms with E-state index in [9.17, 15) is 9.59 Å². The van der Waals surface area contributed by atoms with E-state index in [4.69, 9.17) is 6.42 Å². The van der Waals surface area contributed by atoms with Crippen LogP contribution in [0.15, 0.2) is 48.5 Å². The van der Waals surface area contributed by atoms with Crippen molar-refractivity contribution in [1.82, 2.24) is 14.9 Å². The lowest BCUT2D eigenvalue weighted by Crippen LogP contribution is -2.26. The molecule has 6 nitrogen and oxygen atoms in total. The van der Waals surface area contributed by atoms with Crippen LogP contribution in [0.1, 0.15) is 16.2 Å². The van der Waals surface area contributed by atoms with Gasteiger partial charge in [-0.3, -0.25) is 9.59 Å². The van der Waals surface area contributed by atoms with E-state index in [1.54, 1.807) is 24.3 Å². The average molecular weight is 346 g/mol. The van der Waals surface area contributed by atoms with Gasteiger partial charge in [-0.2, -0.15) is 0 Å². The normalized spacial score (nSPS) is 10.3. The van der Waals surface area contributed by atoms with Gasteiger partial charge in [-0.15, -0.1) is 6.42 Å². The topological polar surface area (TPSA) is 76.0 Å². The third kappa shape index (κ3) is 3.57. The summed E-state index contributed by atoms with van der Waals surface area (Å²) in [6.07, 6.45) is 5.17. The van der Waals surface area contributed by atoms with Crippen molar-refractivity contribution in [3.05, 3.63) is 59.9 Å². The van der Waals surface area contributed by atoms with E-state index in [1.165, 1.54) is 0 Å². The van der Waals surface area contributed by atoms with Gasteiger partial charge in [0.25, 0.3) is 5.91 Å². The third-order valence-corrected chi connectivity index (χ3v) is 3.94. The van der Waals surface area contributed by atoms with Crippen LogP contribution in [0.25, 0.3) is 11.0 Å². The predicted octanol–water partition coefficient (Wildman–Crippen LogP) is 2.35. The van der Waals surface area contributed by atoms with E-state index in [2.05, 4.69) is 21.5 Å². The number of fused-ring (bicyclic) bond motifs is 1. The summed E-state index contributed by atoms with van der Waals surface area (Å²) in [4.78, 5) is 29.2. The zero-order chi connectivity index (χ0) is 18.5. The van der Waals surface area contributed by atoms with Gasteiger partial charge >= 0.3 is 0 Å². The molecule has 6 heteroatoms. The predicted molar refractivity (Wildman–Crippen MR) is 101 cm³/mol. The van der Waals surface area contributed by atoms with Gasteiger partial charge in [0.05, 0.1) is 28.8 Å². The maximum absolute atomic E-state index is 12.5. The molecule has 2 N–H and O–H groups in total. The third-order valence-electron chi connectivity index (χ3n) is 3.94. The minimum atomic E-state index is -0.330. The second kappa shape index (κ2) is 7.53. The number of terminal acetylenes is 1. The van der Waals surface area contributed by atoms with E-state index in [1.807, 2.05) is 35.8 Å². The number of hydrogen-bond donors (Lipinski definition) is 2. The molecule has 0 radical (unpaired) electrons. The van der Waals surface area contributed by atoms with E-state index >= 15 is 0 Å². The lowest BCUT2D eigenvalue weighted by molar-refractivity contribution is -0.116. The fraction of sp³-hybridized carbons (Fsp3) is 0.150. The van der Waals surface area contributed by atoms with Crippen molar-refractivity contribution >= 4 is 28.5 Å². The lowest BCUT2D eigenvalue weighted by Gasteiger charge is -2.12. The summed E-state index contributed by atoms with van der Waals surface area (Å²) in [5.74, 6) is 2.53. The van der Waals surface area contributed by atoms with Crippen LogP contribution in [0, 0.1) is 19.3 Å². The molecule has 0 fully saturated rings. The highest BCUT2D eigenvalue weighted by Crippen LogP contribution is 2.17. The summed E-state index contributed by atoms with van der Waals surface area (Å²) in [7, 11) is 0. The molecule has 3 rings (SSSR count). The van der Waals surface area contributed by atoms with Crippen molar-refractivity contribution in [3.8, 4) is 12.3 Å². The number of nitrogens with one attached hydrogen (secondary N) is 2. The van der Waals surface area contributed by atoms with Gasteiger partial charge in [-0.1, -0.05) is 30.2 Å². The second-order valence-electron chi connectivity index (χ2n) is 5.71. The number of aromatic nitrogens is 2. The number of anilines is 1. The number of hydrogen-bond acceptors (Lipinski definition) is 3. The zero-order valence-corrected chi connectivity index (χ0v) is 14.3.